The number of hydrogen-bond acceptors (Lipinski definition) is 2. The fraction of sp³-hybridized carbons (Fsp3) is 1.00. The monoisotopic (exact) mass is 362 g/mol. The van der Waals surface area contributed by atoms with Gasteiger partial charge in [0.2, 0.25) is 0 Å². The molecular formula is C10H23Cl5N2O. The first-order valence-electron chi connectivity index (χ1n) is 5.41. The van der Waals surface area contributed by atoms with Crippen LogP contribution in [0.25, 0.3) is 0 Å². The van der Waals surface area contributed by atoms with Gasteiger partial charge in [0.25, 0.3) is 0 Å². The second-order valence-corrected chi connectivity index (χ2v) is 5.32. The van der Waals surface area contributed by atoms with Crippen molar-refractivity contribution in [3.8, 4) is 0 Å². The number of rotatable bonds is 8. The molecule has 114 valence electrons. The highest BCUT2D eigenvalue weighted by Crippen LogP contribution is 1.99. The molecule has 0 unspecified atom stereocenters. The van der Waals surface area contributed by atoms with E-state index < -0.39 is 0 Å². The van der Waals surface area contributed by atoms with Gasteiger partial charge in [-0.3, -0.25) is 0 Å². The van der Waals surface area contributed by atoms with Crippen LogP contribution in [0.1, 0.15) is 0 Å². The summed E-state index contributed by atoms with van der Waals surface area (Å²) in [6.07, 6.45) is 0. The molecule has 0 atom stereocenters. The average Bonchev–Trinajstić information content (AvgIpc) is 2.18. The van der Waals surface area contributed by atoms with E-state index in [-0.39, 0.29) is 17.1 Å². The molecule has 0 bridgehead atoms. The van der Waals surface area contributed by atoms with Crippen LogP contribution in [-0.4, -0.2) is 73.3 Å². The molecule has 0 saturated heterocycles. The van der Waals surface area contributed by atoms with Crippen LogP contribution in [0.3, 0.4) is 0 Å². The van der Waals surface area contributed by atoms with Crippen LogP contribution >= 0.6 is 58.8 Å². The van der Waals surface area contributed by atoms with Gasteiger partial charge in [-0.05, 0) is 7.05 Å². The molecule has 0 spiro atoms. The Bertz CT molecular complexity index is 149. The van der Waals surface area contributed by atoms with E-state index in [4.69, 9.17) is 46.4 Å². The summed E-state index contributed by atoms with van der Waals surface area (Å²) in [5.41, 5.74) is 0. The molecule has 0 aromatic heterocycles. The summed E-state index contributed by atoms with van der Waals surface area (Å²) in [5.74, 6) is 2.18. The van der Waals surface area contributed by atoms with Crippen LogP contribution in [-0.2, 0) is 0 Å². The van der Waals surface area contributed by atoms with Gasteiger partial charge in [-0.1, -0.05) is 0 Å². The van der Waals surface area contributed by atoms with Crippen molar-refractivity contribution in [2.45, 2.75) is 0 Å². The van der Waals surface area contributed by atoms with Crippen molar-refractivity contribution < 1.29 is 4.65 Å². The molecule has 0 aromatic rings. The number of quaternary nitrogens is 1. The van der Waals surface area contributed by atoms with Crippen LogP contribution in [0, 0.1) is 5.21 Å². The minimum Gasteiger partial charge on any atom is -0.633 e. The van der Waals surface area contributed by atoms with E-state index in [2.05, 4.69) is 4.90 Å². The minimum atomic E-state index is -0.326. The Balaban J connectivity index is -0.000000238. The van der Waals surface area contributed by atoms with Gasteiger partial charge in [0.1, 0.15) is 0 Å². The smallest absolute Gasteiger partial charge is 0.0919 e. The van der Waals surface area contributed by atoms with Gasteiger partial charge in [0.05, 0.1) is 31.9 Å². The zero-order valence-corrected chi connectivity index (χ0v) is 14.7. The zero-order valence-electron chi connectivity index (χ0n) is 10.9. The number of hydroxylamine groups is 3. The van der Waals surface area contributed by atoms with Gasteiger partial charge in [0, 0.05) is 24.8 Å². The van der Waals surface area contributed by atoms with E-state index in [1.54, 1.807) is 7.05 Å². The summed E-state index contributed by atoms with van der Waals surface area (Å²) >= 11 is 21.6. The molecule has 0 aliphatic carbocycles. The molecule has 0 aromatic carbocycles. The highest BCUT2D eigenvalue weighted by atomic mass is 35.5. The van der Waals surface area contributed by atoms with E-state index in [0.29, 0.717) is 36.6 Å². The first kappa shape index (κ1) is 24.4. The van der Waals surface area contributed by atoms with Crippen molar-refractivity contribution in [1.29, 1.82) is 0 Å². The van der Waals surface area contributed by atoms with Crippen LogP contribution in [0.2, 0.25) is 0 Å². The average molecular weight is 365 g/mol. The summed E-state index contributed by atoms with van der Waals surface area (Å²) in [7, 11) is 3.58. The first-order valence-corrected chi connectivity index (χ1v) is 7.55. The van der Waals surface area contributed by atoms with Crippen LogP contribution < -0.4 is 0 Å². The minimum absolute atomic E-state index is 0. The Hall–Kier alpha value is 1.33. The second-order valence-electron chi connectivity index (χ2n) is 3.80. The molecule has 0 fully saturated rings. The molecule has 0 saturated carbocycles. The highest BCUT2D eigenvalue weighted by Gasteiger charge is 2.06. The number of hydrogen-bond donors (Lipinski definition) is 0. The summed E-state index contributed by atoms with van der Waals surface area (Å²) < 4.78 is -0.326. The summed E-state index contributed by atoms with van der Waals surface area (Å²) in [5, 5.41) is 11.1. The molecule has 0 radical (unpaired) electrons. The topological polar surface area (TPSA) is 26.3 Å². The number of alkyl halides is 4. The molecule has 8 heteroatoms. The van der Waals surface area contributed by atoms with Gasteiger partial charge < -0.3 is 14.8 Å². The SMILES string of the molecule is CN(CCCl)CCCl.C[N+]([O-])(CCCl)CCCl.Cl. The Morgan fingerprint density at radius 1 is 0.889 bits per heavy atom. The predicted octanol–water partition coefficient (Wildman–Crippen LogP) is 3.23. The normalized spacial score (nSPS) is 10.7. The number of nitrogens with zero attached hydrogens (tertiary/aromatic N) is 2. The predicted molar refractivity (Wildman–Crippen MR) is 86.9 cm³/mol. The van der Waals surface area contributed by atoms with Gasteiger partial charge >= 0.3 is 0 Å². The molecule has 0 aliphatic heterocycles. The molecule has 0 heterocycles. The lowest BCUT2D eigenvalue weighted by atomic mass is 10.5. The van der Waals surface area contributed by atoms with Crippen molar-refractivity contribution in [2.75, 3.05) is 63.8 Å². The Morgan fingerprint density at radius 3 is 1.44 bits per heavy atom. The summed E-state index contributed by atoms with van der Waals surface area (Å²) in [4.78, 5) is 2.10. The largest absolute Gasteiger partial charge is 0.633 e. The van der Waals surface area contributed by atoms with E-state index in [1.165, 1.54) is 0 Å². The standard InChI is InChI=1S/C5H11Cl2NO.C5H11Cl2N.ClH/c1-8(9,4-2-6)5-3-7;1-8(4-2-6)5-3-7;/h2-5H2,1H3;2-5H2,1H3;1H. The van der Waals surface area contributed by atoms with Gasteiger partial charge in [0.15, 0.2) is 0 Å². The van der Waals surface area contributed by atoms with Gasteiger partial charge in [-0.2, -0.15) is 0 Å². The number of halogens is 5. The first-order chi connectivity index (χ1) is 7.93. The molecule has 0 aliphatic rings. The fourth-order valence-corrected chi connectivity index (χ4v) is 2.16. The Labute approximate surface area is 137 Å². The summed E-state index contributed by atoms with van der Waals surface area (Å²) in [6.45, 7) is 2.73. The van der Waals surface area contributed by atoms with Gasteiger partial charge in [-0.25, -0.2) is 0 Å². The van der Waals surface area contributed by atoms with Crippen molar-refractivity contribution in [1.82, 2.24) is 4.90 Å². The maximum Gasteiger partial charge on any atom is 0.0919 e. The van der Waals surface area contributed by atoms with Crippen molar-refractivity contribution in [3.63, 3.8) is 0 Å². The van der Waals surface area contributed by atoms with Crippen LogP contribution in [0.4, 0.5) is 0 Å². The van der Waals surface area contributed by atoms with Crippen LogP contribution in [0.15, 0.2) is 0 Å². The Kier molecular flexibility index (Phi) is 22.2. The lowest BCUT2D eigenvalue weighted by Gasteiger charge is -2.37. The second kappa shape index (κ2) is 16.4. The maximum absolute atomic E-state index is 11.1. The maximum atomic E-state index is 11.1. The third kappa shape index (κ3) is 19.7. The van der Waals surface area contributed by atoms with Gasteiger partial charge in [-0.15, -0.1) is 58.8 Å². The van der Waals surface area contributed by atoms with E-state index in [0.717, 1.165) is 13.1 Å². The lowest BCUT2D eigenvalue weighted by molar-refractivity contribution is -0.855. The summed E-state index contributed by atoms with van der Waals surface area (Å²) in [6, 6.07) is 0. The molecule has 0 N–H and O–H groups in total. The molecule has 3 nitrogen and oxygen atoms in total. The molecular weight excluding hydrogens is 341 g/mol. The van der Waals surface area contributed by atoms with E-state index in [1.807, 2.05) is 7.05 Å². The molecule has 0 amide bonds. The lowest BCUT2D eigenvalue weighted by Crippen LogP contribution is -2.40. The Morgan fingerprint density at radius 2 is 1.22 bits per heavy atom. The van der Waals surface area contributed by atoms with Crippen molar-refractivity contribution >= 4 is 58.8 Å². The van der Waals surface area contributed by atoms with Crippen LogP contribution in [0.5, 0.6) is 0 Å². The van der Waals surface area contributed by atoms with Crippen molar-refractivity contribution in [3.05, 3.63) is 5.21 Å². The fourth-order valence-electron chi connectivity index (χ4n) is 0.870. The van der Waals surface area contributed by atoms with Crippen molar-refractivity contribution in [2.24, 2.45) is 0 Å². The third-order valence-corrected chi connectivity index (χ3v) is 2.72. The zero-order chi connectivity index (χ0) is 13.7. The van der Waals surface area contributed by atoms with E-state index in [9.17, 15) is 5.21 Å². The quantitative estimate of drug-likeness (QED) is 0.375. The third-order valence-electron chi connectivity index (χ3n) is 2.05. The van der Waals surface area contributed by atoms with E-state index >= 15 is 0 Å². The molecule has 0 rings (SSSR count). The molecule has 18 heavy (non-hydrogen) atoms. The highest BCUT2D eigenvalue weighted by molar-refractivity contribution is 6.18.